The van der Waals surface area contributed by atoms with Crippen LogP contribution in [0.1, 0.15) is 52.4 Å². The molecule has 0 spiro atoms. The standard InChI is InChI=1S/C12H24N2O2S2/c1-3-7-10-8-5-6-9-14(10)18(15,16)11(4-2)12(13)17/h10-11H,3-9H2,1-2H3,(H2,13,17). The van der Waals surface area contributed by atoms with E-state index in [-0.39, 0.29) is 11.0 Å². The van der Waals surface area contributed by atoms with Crippen LogP contribution in [0.3, 0.4) is 0 Å². The quantitative estimate of drug-likeness (QED) is 0.761. The molecule has 1 aliphatic heterocycles. The average molecular weight is 292 g/mol. The lowest BCUT2D eigenvalue weighted by atomic mass is 10.0. The van der Waals surface area contributed by atoms with Crippen molar-refractivity contribution in [2.75, 3.05) is 6.54 Å². The predicted octanol–water partition coefficient (Wildman–Crippen LogP) is 2.04. The van der Waals surface area contributed by atoms with Crippen LogP contribution in [-0.2, 0) is 10.0 Å². The number of rotatable bonds is 6. The largest absolute Gasteiger partial charge is 0.392 e. The SMILES string of the molecule is CCCC1CCCCN1S(=O)(=O)C(CC)C(N)=S. The number of hydrogen-bond acceptors (Lipinski definition) is 3. The molecule has 2 N–H and O–H groups in total. The summed E-state index contributed by atoms with van der Waals surface area (Å²) in [4.78, 5) is 0.0957. The van der Waals surface area contributed by atoms with Crippen LogP contribution in [0.2, 0.25) is 0 Å². The molecule has 106 valence electrons. The topological polar surface area (TPSA) is 63.4 Å². The van der Waals surface area contributed by atoms with E-state index in [2.05, 4.69) is 6.92 Å². The lowest BCUT2D eigenvalue weighted by molar-refractivity contribution is 0.238. The zero-order valence-electron chi connectivity index (χ0n) is 11.3. The van der Waals surface area contributed by atoms with Gasteiger partial charge < -0.3 is 5.73 Å². The van der Waals surface area contributed by atoms with Crippen LogP contribution < -0.4 is 5.73 Å². The van der Waals surface area contributed by atoms with E-state index in [1.54, 1.807) is 4.31 Å². The van der Waals surface area contributed by atoms with E-state index < -0.39 is 15.3 Å². The lowest BCUT2D eigenvalue weighted by Gasteiger charge is -2.36. The predicted molar refractivity (Wildman–Crippen MR) is 79.0 cm³/mol. The van der Waals surface area contributed by atoms with Crippen LogP contribution in [0.4, 0.5) is 0 Å². The molecular weight excluding hydrogens is 268 g/mol. The van der Waals surface area contributed by atoms with Crippen LogP contribution in [-0.4, -0.2) is 35.5 Å². The maximum absolute atomic E-state index is 12.6. The van der Waals surface area contributed by atoms with Gasteiger partial charge in [0.2, 0.25) is 10.0 Å². The molecule has 0 bridgehead atoms. The molecule has 0 aromatic rings. The smallest absolute Gasteiger partial charge is 0.223 e. The summed E-state index contributed by atoms with van der Waals surface area (Å²) in [6, 6.07) is 0.136. The summed E-state index contributed by atoms with van der Waals surface area (Å²) in [5.41, 5.74) is 5.59. The van der Waals surface area contributed by atoms with E-state index in [9.17, 15) is 8.42 Å². The molecule has 1 heterocycles. The Morgan fingerprint density at radius 1 is 1.44 bits per heavy atom. The molecule has 0 aromatic heterocycles. The van der Waals surface area contributed by atoms with Crippen molar-refractivity contribution in [2.45, 2.75) is 63.7 Å². The van der Waals surface area contributed by atoms with Crippen molar-refractivity contribution < 1.29 is 8.42 Å². The molecule has 0 saturated carbocycles. The molecule has 0 amide bonds. The Bertz CT molecular complexity index is 380. The molecule has 1 rings (SSSR count). The Morgan fingerprint density at radius 2 is 2.11 bits per heavy atom. The van der Waals surface area contributed by atoms with Gasteiger partial charge >= 0.3 is 0 Å². The number of nitrogens with two attached hydrogens (primary N) is 1. The first-order valence-electron chi connectivity index (χ1n) is 6.75. The van der Waals surface area contributed by atoms with E-state index in [4.69, 9.17) is 18.0 Å². The highest BCUT2D eigenvalue weighted by Gasteiger charge is 2.37. The highest BCUT2D eigenvalue weighted by Crippen LogP contribution is 2.26. The van der Waals surface area contributed by atoms with Crippen molar-refractivity contribution in [1.82, 2.24) is 4.31 Å². The summed E-state index contributed by atoms with van der Waals surface area (Å²) in [7, 11) is -3.38. The molecular formula is C12H24N2O2S2. The zero-order valence-corrected chi connectivity index (χ0v) is 12.9. The van der Waals surface area contributed by atoms with Crippen molar-refractivity contribution >= 4 is 27.2 Å². The van der Waals surface area contributed by atoms with E-state index in [1.807, 2.05) is 6.92 Å². The first-order valence-corrected chi connectivity index (χ1v) is 8.66. The number of hydrogen-bond donors (Lipinski definition) is 1. The summed E-state index contributed by atoms with van der Waals surface area (Å²) in [5, 5.41) is -0.704. The fourth-order valence-corrected chi connectivity index (χ4v) is 5.24. The molecule has 1 fully saturated rings. The minimum absolute atomic E-state index is 0.0957. The van der Waals surface area contributed by atoms with Gasteiger partial charge in [-0.15, -0.1) is 0 Å². The second-order valence-corrected chi connectivity index (χ2v) is 7.43. The molecule has 1 aliphatic rings. The molecule has 0 aliphatic carbocycles. The molecule has 1 saturated heterocycles. The third kappa shape index (κ3) is 3.42. The van der Waals surface area contributed by atoms with E-state index in [0.29, 0.717) is 13.0 Å². The molecule has 4 nitrogen and oxygen atoms in total. The number of piperidine rings is 1. The highest BCUT2D eigenvalue weighted by atomic mass is 32.2. The molecule has 18 heavy (non-hydrogen) atoms. The van der Waals surface area contributed by atoms with Gasteiger partial charge in [-0.1, -0.05) is 38.9 Å². The molecule has 2 atom stereocenters. The number of sulfonamides is 1. The van der Waals surface area contributed by atoms with Crippen molar-refractivity contribution in [2.24, 2.45) is 5.73 Å². The van der Waals surface area contributed by atoms with Crippen molar-refractivity contribution in [3.05, 3.63) is 0 Å². The number of thiocarbonyl (C=S) groups is 1. The van der Waals surface area contributed by atoms with E-state index >= 15 is 0 Å². The fraction of sp³-hybridized carbons (Fsp3) is 0.917. The average Bonchev–Trinajstić information content (AvgIpc) is 2.30. The van der Waals surface area contributed by atoms with Crippen molar-refractivity contribution in [3.63, 3.8) is 0 Å². The Hall–Kier alpha value is -0.200. The van der Waals surface area contributed by atoms with Gasteiger partial charge in [-0.3, -0.25) is 0 Å². The van der Waals surface area contributed by atoms with E-state index in [1.165, 1.54) is 0 Å². The first-order chi connectivity index (χ1) is 8.45. The minimum atomic E-state index is -3.38. The lowest BCUT2D eigenvalue weighted by Crippen LogP contribution is -2.50. The van der Waals surface area contributed by atoms with Crippen LogP contribution in [0, 0.1) is 0 Å². The van der Waals surface area contributed by atoms with Gasteiger partial charge in [0.1, 0.15) is 5.25 Å². The second-order valence-electron chi connectivity index (χ2n) is 4.89. The summed E-state index contributed by atoms with van der Waals surface area (Å²) in [6.45, 7) is 4.52. The molecule has 6 heteroatoms. The molecule has 0 aromatic carbocycles. The van der Waals surface area contributed by atoms with Gasteiger partial charge in [0.15, 0.2) is 0 Å². The van der Waals surface area contributed by atoms with E-state index in [0.717, 1.165) is 32.1 Å². The van der Waals surface area contributed by atoms with Gasteiger partial charge in [0, 0.05) is 12.6 Å². The van der Waals surface area contributed by atoms with Crippen LogP contribution >= 0.6 is 12.2 Å². The Kier molecular flexibility index (Phi) is 6.01. The normalized spacial score (nSPS) is 23.8. The minimum Gasteiger partial charge on any atom is -0.392 e. The fourth-order valence-electron chi connectivity index (χ4n) is 2.65. The molecule has 0 radical (unpaired) electrons. The Balaban J connectivity index is 2.96. The summed E-state index contributed by atoms with van der Waals surface area (Å²) >= 11 is 4.91. The first kappa shape index (κ1) is 15.9. The maximum Gasteiger partial charge on any atom is 0.223 e. The third-order valence-electron chi connectivity index (χ3n) is 3.57. The van der Waals surface area contributed by atoms with Crippen LogP contribution in [0.25, 0.3) is 0 Å². The van der Waals surface area contributed by atoms with Gasteiger partial charge in [-0.05, 0) is 25.7 Å². The number of nitrogens with zero attached hydrogens (tertiary/aromatic N) is 1. The van der Waals surface area contributed by atoms with Crippen LogP contribution in [0.15, 0.2) is 0 Å². The summed E-state index contributed by atoms with van der Waals surface area (Å²) in [5.74, 6) is 0. The van der Waals surface area contributed by atoms with Gasteiger partial charge in [0.05, 0.1) is 4.99 Å². The third-order valence-corrected chi connectivity index (χ3v) is 6.44. The summed E-state index contributed by atoms with van der Waals surface area (Å²) < 4.78 is 26.9. The Morgan fingerprint density at radius 3 is 2.61 bits per heavy atom. The summed E-state index contributed by atoms with van der Waals surface area (Å²) in [6.07, 6.45) is 5.38. The van der Waals surface area contributed by atoms with Gasteiger partial charge in [0.25, 0.3) is 0 Å². The highest BCUT2D eigenvalue weighted by molar-refractivity contribution is 7.92. The monoisotopic (exact) mass is 292 g/mol. The Labute approximate surface area is 116 Å². The second kappa shape index (κ2) is 6.82. The van der Waals surface area contributed by atoms with Crippen molar-refractivity contribution in [3.8, 4) is 0 Å². The van der Waals surface area contributed by atoms with Gasteiger partial charge in [-0.25, -0.2) is 8.42 Å². The van der Waals surface area contributed by atoms with Crippen LogP contribution in [0.5, 0.6) is 0 Å². The zero-order chi connectivity index (χ0) is 13.8. The molecule has 2 unspecified atom stereocenters. The maximum atomic E-state index is 12.6. The van der Waals surface area contributed by atoms with Gasteiger partial charge in [-0.2, -0.15) is 4.31 Å². The van der Waals surface area contributed by atoms with Crippen molar-refractivity contribution in [1.29, 1.82) is 0 Å².